The lowest BCUT2D eigenvalue weighted by atomic mass is 9.93. The first kappa shape index (κ1) is 22.1. The topological polar surface area (TPSA) is 69.7 Å². The van der Waals surface area contributed by atoms with Crippen molar-refractivity contribution < 1.29 is 13.2 Å². The Kier molecular flexibility index (Phi) is 8.54. The average Bonchev–Trinajstić information content (AvgIpc) is 2.67. The van der Waals surface area contributed by atoms with Crippen molar-refractivity contribution in [1.29, 1.82) is 0 Å². The van der Waals surface area contributed by atoms with E-state index in [1.165, 1.54) is 4.31 Å². The van der Waals surface area contributed by atoms with Crippen molar-refractivity contribution in [3.05, 3.63) is 35.9 Å². The number of piperidine rings is 1. The SMILES string of the molecule is Cl.O=C(CCC1CCNCC1)N1CCN(S(=O)(=O)Cc2ccccc2)CC1. The van der Waals surface area contributed by atoms with E-state index in [1.807, 2.05) is 35.2 Å². The molecule has 2 aliphatic heterocycles. The van der Waals surface area contributed by atoms with Crippen LogP contribution in [0, 0.1) is 5.92 Å². The fourth-order valence-corrected chi connectivity index (χ4v) is 5.26. The number of sulfonamides is 1. The molecule has 0 spiro atoms. The standard InChI is InChI=1S/C19H29N3O3S.ClH/c23-19(7-6-17-8-10-20-11-9-17)21-12-14-22(15-13-21)26(24,25)16-18-4-2-1-3-5-18;/h1-5,17,20H,6-16H2;1H. The Labute approximate surface area is 168 Å². The van der Waals surface area contributed by atoms with Gasteiger partial charge < -0.3 is 10.2 Å². The summed E-state index contributed by atoms with van der Waals surface area (Å²) in [6, 6.07) is 9.24. The number of nitrogens with zero attached hydrogens (tertiary/aromatic N) is 2. The summed E-state index contributed by atoms with van der Waals surface area (Å²) in [7, 11) is -3.33. The van der Waals surface area contributed by atoms with Crippen molar-refractivity contribution in [2.75, 3.05) is 39.3 Å². The van der Waals surface area contributed by atoms with Gasteiger partial charge in [-0.15, -0.1) is 12.4 Å². The summed E-state index contributed by atoms with van der Waals surface area (Å²) in [6.45, 7) is 3.90. The van der Waals surface area contributed by atoms with Gasteiger partial charge in [0.2, 0.25) is 15.9 Å². The van der Waals surface area contributed by atoms with Crippen molar-refractivity contribution in [1.82, 2.24) is 14.5 Å². The molecular weight excluding hydrogens is 386 g/mol. The number of piperazine rings is 1. The van der Waals surface area contributed by atoms with Gasteiger partial charge >= 0.3 is 0 Å². The average molecular weight is 416 g/mol. The largest absolute Gasteiger partial charge is 0.340 e. The lowest BCUT2D eigenvalue weighted by Gasteiger charge is -2.34. The van der Waals surface area contributed by atoms with Gasteiger partial charge in [0.25, 0.3) is 0 Å². The smallest absolute Gasteiger partial charge is 0.222 e. The van der Waals surface area contributed by atoms with Gasteiger partial charge in [0.1, 0.15) is 0 Å². The Balaban J connectivity index is 0.00000261. The third-order valence-electron chi connectivity index (χ3n) is 5.40. The number of nitrogens with one attached hydrogen (secondary N) is 1. The van der Waals surface area contributed by atoms with Crippen molar-refractivity contribution >= 4 is 28.3 Å². The van der Waals surface area contributed by atoms with E-state index in [0.717, 1.165) is 37.9 Å². The van der Waals surface area contributed by atoms with Crippen LogP contribution in [0.2, 0.25) is 0 Å². The quantitative estimate of drug-likeness (QED) is 0.769. The van der Waals surface area contributed by atoms with Crippen molar-refractivity contribution in [2.45, 2.75) is 31.4 Å². The number of rotatable bonds is 6. The van der Waals surface area contributed by atoms with Crippen LogP contribution in [0.1, 0.15) is 31.2 Å². The number of amides is 1. The van der Waals surface area contributed by atoms with Gasteiger partial charge in [-0.1, -0.05) is 30.3 Å². The fourth-order valence-electron chi connectivity index (χ4n) is 3.75. The van der Waals surface area contributed by atoms with Crippen LogP contribution in [-0.2, 0) is 20.6 Å². The zero-order valence-electron chi connectivity index (χ0n) is 15.7. The summed E-state index contributed by atoms with van der Waals surface area (Å²) in [5.41, 5.74) is 0.799. The minimum Gasteiger partial charge on any atom is -0.340 e. The Bertz CT molecular complexity index is 685. The van der Waals surface area contributed by atoms with Crippen molar-refractivity contribution in [3.63, 3.8) is 0 Å². The van der Waals surface area contributed by atoms with E-state index >= 15 is 0 Å². The summed E-state index contributed by atoms with van der Waals surface area (Å²) in [6.07, 6.45) is 3.84. The van der Waals surface area contributed by atoms with Gasteiger partial charge in [-0.2, -0.15) is 4.31 Å². The number of carbonyl (C=O) groups is 1. The summed E-state index contributed by atoms with van der Waals surface area (Å²) >= 11 is 0. The van der Waals surface area contributed by atoms with Crippen LogP contribution in [0.3, 0.4) is 0 Å². The zero-order chi connectivity index (χ0) is 18.4. The molecule has 0 bridgehead atoms. The molecule has 0 radical (unpaired) electrons. The number of hydrogen-bond acceptors (Lipinski definition) is 4. The van der Waals surface area contributed by atoms with Gasteiger partial charge in [-0.25, -0.2) is 8.42 Å². The number of halogens is 1. The molecule has 152 valence electrons. The molecule has 27 heavy (non-hydrogen) atoms. The van der Waals surface area contributed by atoms with E-state index in [2.05, 4.69) is 5.32 Å². The second-order valence-electron chi connectivity index (χ2n) is 7.25. The molecule has 6 nitrogen and oxygen atoms in total. The maximum Gasteiger partial charge on any atom is 0.222 e. The predicted molar refractivity (Wildman–Crippen MR) is 109 cm³/mol. The molecule has 0 atom stereocenters. The third kappa shape index (κ3) is 6.45. The van der Waals surface area contributed by atoms with Crippen molar-refractivity contribution in [2.24, 2.45) is 5.92 Å². The lowest BCUT2D eigenvalue weighted by molar-refractivity contribution is -0.132. The maximum absolute atomic E-state index is 12.6. The second kappa shape index (κ2) is 10.4. The first-order chi connectivity index (χ1) is 12.5. The fraction of sp³-hybridized carbons (Fsp3) is 0.632. The van der Waals surface area contributed by atoms with Crippen molar-refractivity contribution in [3.8, 4) is 0 Å². The molecular formula is C19H30ClN3O3S. The molecule has 8 heteroatoms. The van der Waals surface area contributed by atoms with E-state index in [4.69, 9.17) is 0 Å². The molecule has 1 N–H and O–H groups in total. The molecule has 0 saturated carbocycles. The normalized spacial score (nSPS) is 19.5. The van der Waals surface area contributed by atoms with Gasteiger partial charge in [0.15, 0.2) is 0 Å². The molecule has 0 aliphatic carbocycles. The van der Waals surface area contributed by atoms with E-state index in [9.17, 15) is 13.2 Å². The van der Waals surface area contributed by atoms with Crippen LogP contribution < -0.4 is 5.32 Å². The molecule has 1 aromatic carbocycles. The number of benzene rings is 1. The summed E-state index contributed by atoms with van der Waals surface area (Å²) in [4.78, 5) is 14.3. The summed E-state index contributed by atoms with van der Waals surface area (Å²) in [5.74, 6) is 0.841. The molecule has 2 fully saturated rings. The van der Waals surface area contributed by atoms with E-state index in [0.29, 0.717) is 38.5 Å². The zero-order valence-corrected chi connectivity index (χ0v) is 17.3. The van der Waals surface area contributed by atoms with Crippen LogP contribution >= 0.6 is 12.4 Å². The molecule has 2 heterocycles. The highest BCUT2D eigenvalue weighted by Gasteiger charge is 2.29. The first-order valence-electron chi connectivity index (χ1n) is 9.55. The second-order valence-corrected chi connectivity index (χ2v) is 9.22. The predicted octanol–water partition coefficient (Wildman–Crippen LogP) is 1.86. The Hall–Kier alpha value is -1.15. The van der Waals surface area contributed by atoms with Gasteiger partial charge in [0, 0.05) is 32.6 Å². The minimum atomic E-state index is -3.33. The van der Waals surface area contributed by atoms with Gasteiger partial charge in [0.05, 0.1) is 5.75 Å². The van der Waals surface area contributed by atoms with Gasteiger partial charge in [-0.3, -0.25) is 4.79 Å². The van der Waals surface area contributed by atoms with Crippen LogP contribution in [0.25, 0.3) is 0 Å². The maximum atomic E-state index is 12.6. The number of hydrogen-bond donors (Lipinski definition) is 1. The van der Waals surface area contributed by atoms with Crippen LogP contribution in [0.5, 0.6) is 0 Å². The molecule has 0 aromatic heterocycles. The Morgan fingerprint density at radius 2 is 1.67 bits per heavy atom. The van der Waals surface area contributed by atoms with E-state index < -0.39 is 10.0 Å². The third-order valence-corrected chi connectivity index (χ3v) is 7.25. The van der Waals surface area contributed by atoms with Crippen LogP contribution in [0.15, 0.2) is 30.3 Å². The number of carbonyl (C=O) groups excluding carboxylic acids is 1. The van der Waals surface area contributed by atoms with Gasteiger partial charge in [-0.05, 0) is 43.8 Å². The minimum absolute atomic E-state index is 0. The summed E-state index contributed by atoms with van der Waals surface area (Å²) < 4.78 is 26.7. The molecule has 2 saturated heterocycles. The molecule has 1 amide bonds. The lowest BCUT2D eigenvalue weighted by Crippen LogP contribution is -2.50. The highest BCUT2D eigenvalue weighted by atomic mass is 35.5. The Morgan fingerprint density at radius 1 is 1.04 bits per heavy atom. The van der Waals surface area contributed by atoms with Crippen LogP contribution in [-0.4, -0.2) is 62.8 Å². The highest BCUT2D eigenvalue weighted by Crippen LogP contribution is 2.19. The van der Waals surface area contributed by atoms with E-state index in [1.54, 1.807) is 0 Å². The molecule has 0 unspecified atom stereocenters. The first-order valence-corrected chi connectivity index (χ1v) is 11.2. The van der Waals surface area contributed by atoms with E-state index in [-0.39, 0.29) is 24.1 Å². The molecule has 3 rings (SSSR count). The highest BCUT2D eigenvalue weighted by molar-refractivity contribution is 7.88. The Morgan fingerprint density at radius 3 is 2.30 bits per heavy atom. The molecule has 2 aliphatic rings. The van der Waals surface area contributed by atoms with Crippen LogP contribution in [0.4, 0.5) is 0 Å². The molecule has 1 aromatic rings. The monoisotopic (exact) mass is 415 g/mol. The summed E-state index contributed by atoms with van der Waals surface area (Å²) in [5, 5.41) is 3.34.